The Morgan fingerprint density at radius 1 is 0.600 bits per heavy atom. The van der Waals surface area contributed by atoms with E-state index in [9.17, 15) is 0 Å². The van der Waals surface area contributed by atoms with E-state index in [4.69, 9.17) is 6.15 Å². The van der Waals surface area contributed by atoms with Crippen LogP contribution in [0.3, 0.4) is 0 Å². The molecule has 0 aromatic carbocycles. The Hall–Kier alpha value is 5.46. The number of hydrogen-bond acceptors (Lipinski definition) is 2. The third-order valence-corrected chi connectivity index (χ3v) is 0. The van der Waals surface area contributed by atoms with Gasteiger partial charge in [-0.2, -0.15) is 0 Å². The molecule has 0 N–H and O–H groups in total. The molecule has 0 saturated heterocycles. The molecule has 0 aliphatic carbocycles. The van der Waals surface area contributed by atoms with E-state index in [1.807, 2.05) is 0 Å². The van der Waals surface area contributed by atoms with Gasteiger partial charge in [-0.05, 0) is 0 Å². The van der Waals surface area contributed by atoms with Crippen LogP contribution in [0.5, 0.6) is 0 Å². The van der Waals surface area contributed by atoms with E-state index in [1.54, 1.807) is 0 Å². The quantitative estimate of drug-likeness (QED) is 0.230. The molecule has 0 fully saturated rings. The molecule has 4 radical (unpaired) electrons. The molecule has 0 unspecified atom stereocenters. The fraction of sp³-hybridized carbons (Fsp3) is 0. The van der Waals surface area contributed by atoms with Crippen LogP contribution in [0.15, 0.2) is 0 Å². The van der Waals surface area contributed by atoms with Crippen LogP contribution in [0.1, 0.15) is 0 Å². The second kappa shape index (κ2) is 87.9. The van der Waals surface area contributed by atoms with Gasteiger partial charge in [0.2, 0.25) is 0 Å². The van der Waals surface area contributed by atoms with Crippen molar-refractivity contribution >= 4 is 136 Å². The molecular formula is H12Ga2In2O2Sn2Zn2. The maximum atomic E-state index is 8.34. The van der Waals surface area contributed by atoms with Gasteiger partial charge in [0.25, 0.3) is 0 Å². The summed E-state index contributed by atoms with van der Waals surface area (Å²) in [5.41, 5.74) is 0. The minimum absolute atomic E-state index is 0. The molecule has 0 amide bonds. The molecule has 10 heavy (non-hydrogen) atoms. The van der Waals surface area contributed by atoms with Crippen molar-refractivity contribution in [1.82, 2.24) is 0 Å². The summed E-state index contributed by atoms with van der Waals surface area (Å²) in [4.78, 5) is 0. The van der Waals surface area contributed by atoms with E-state index in [-0.39, 0.29) is 130 Å². The fourth-order valence-electron chi connectivity index (χ4n) is 0. The summed E-state index contributed by atoms with van der Waals surface area (Å²) in [6.07, 6.45) is 0. The van der Waals surface area contributed by atoms with Crippen molar-refractivity contribution in [3.05, 3.63) is 0 Å². The summed E-state index contributed by atoms with van der Waals surface area (Å²) in [5.74, 6) is 0. The number of rotatable bonds is 0. The molecule has 0 aromatic heterocycles. The van der Waals surface area contributed by atoms with E-state index in [1.165, 1.54) is 0 Å². The van der Waals surface area contributed by atoms with Crippen molar-refractivity contribution in [1.29, 1.82) is 0 Å². The second-order valence-electron chi connectivity index (χ2n) is 0. The summed E-state index contributed by atoms with van der Waals surface area (Å²) in [5, 5.41) is 0. The molecule has 0 bridgehead atoms. The van der Waals surface area contributed by atoms with Crippen molar-refractivity contribution in [3.63, 3.8) is 0 Å². The van der Waals surface area contributed by atoms with Gasteiger partial charge in [-0.25, -0.2) is 0 Å². The summed E-state index contributed by atoms with van der Waals surface area (Å²) < 4.78 is 16.7. The van der Waals surface area contributed by atoms with Crippen LogP contribution in [0.25, 0.3) is 0 Å². The van der Waals surface area contributed by atoms with Gasteiger partial charge in [-0.15, -0.1) is 0 Å². The first-order chi connectivity index (χ1) is 2.00. The smallest absolute Gasteiger partial charge is 0 e. The zero-order valence-electron chi connectivity index (χ0n) is 3.23. The molecule has 0 heterocycles. The SMILES string of the molecule is [GaH3].[GaH3].[InH3].[InH3].[O]=[Sn].[O]=[Sn].[Zn].[Zn]. The normalized spacial score (nSPS) is 0.800. The Balaban J connectivity index is -0.000000000833. The van der Waals surface area contributed by atoms with E-state index >= 15 is 0 Å². The maximum absolute atomic E-state index is 8.34. The second-order valence-corrected chi connectivity index (χ2v) is 0. The van der Waals surface area contributed by atoms with Crippen LogP contribution in [0.4, 0.5) is 0 Å². The van der Waals surface area contributed by atoms with Crippen LogP contribution in [0, 0.1) is 0 Å². The molecular weight excluding hydrogens is 769 g/mol. The first kappa shape index (κ1) is 58.1. The van der Waals surface area contributed by atoms with Gasteiger partial charge >= 0.3 is 142 Å². The molecule has 0 aliphatic rings. The van der Waals surface area contributed by atoms with Crippen molar-refractivity contribution in [2.45, 2.75) is 0 Å². The predicted molar refractivity (Wildman–Crippen MR) is 52.6 cm³/mol. The predicted octanol–water partition coefficient (Wildman–Crippen LogP) is -5.74. The van der Waals surface area contributed by atoms with Crippen molar-refractivity contribution < 1.29 is 45.1 Å². The average Bonchev–Trinajstić information content (AvgIpc) is 1.50. The van der Waals surface area contributed by atoms with Crippen LogP contribution >= 0.6 is 0 Å². The zero-order valence-corrected chi connectivity index (χ0v) is 14.9. The van der Waals surface area contributed by atoms with Crippen LogP contribution in [0.2, 0.25) is 0 Å². The average molecular weight is 781 g/mol. The Kier molecular flexibility index (Phi) is 511. The third kappa shape index (κ3) is 70.1. The molecule has 0 saturated carbocycles. The Bertz CT molecular complexity index is 25.2. The molecule has 0 aliphatic heterocycles. The molecule has 10 heteroatoms. The van der Waals surface area contributed by atoms with Crippen molar-refractivity contribution in [3.8, 4) is 0 Å². The van der Waals surface area contributed by atoms with E-state index in [0.717, 1.165) is 0 Å². The standard InChI is InChI=1S/2Ga.2In.2O.2Sn.2Zn.12H. The first-order valence-electron chi connectivity index (χ1n) is 0.408. The summed E-state index contributed by atoms with van der Waals surface area (Å²) in [7, 11) is 0. The van der Waals surface area contributed by atoms with Gasteiger partial charge in [-0.1, -0.05) is 0 Å². The molecule has 0 spiro atoms. The molecule has 0 atom stereocenters. The monoisotopic (exact) mass is 779 g/mol. The third-order valence-electron chi connectivity index (χ3n) is 0. The largest absolute Gasteiger partial charge is 0 e. The van der Waals surface area contributed by atoms with Crippen LogP contribution < -0.4 is 0 Å². The van der Waals surface area contributed by atoms with Gasteiger partial charge in [-0.3, -0.25) is 0 Å². The summed E-state index contributed by atoms with van der Waals surface area (Å²) >= 11 is 0.600. The summed E-state index contributed by atoms with van der Waals surface area (Å²) in [6, 6.07) is 0. The fourth-order valence-corrected chi connectivity index (χ4v) is 0. The first-order valence-corrected chi connectivity index (χ1v) is 2.74. The molecule has 0 rings (SSSR count). The van der Waals surface area contributed by atoms with Gasteiger partial charge in [0.15, 0.2) is 0 Å². The van der Waals surface area contributed by atoms with Gasteiger partial charge in [0, 0.05) is 39.0 Å². The van der Waals surface area contributed by atoms with Crippen molar-refractivity contribution in [2.75, 3.05) is 0 Å². The van der Waals surface area contributed by atoms with Gasteiger partial charge < -0.3 is 0 Å². The van der Waals surface area contributed by atoms with Gasteiger partial charge in [0.05, 0.1) is 0 Å². The van der Waals surface area contributed by atoms with Crippen LogP contribution in [-0.4, -0.2) is 136 Å². The molecule has 48 valence electrons. The minimum Gasteiger partial charge on any atom is 0 e. The topological polar surface area (TPSA) is 34.1 Å². The van der Waals surface area contributed by atoms with E-state index < -0.39 is 0 Å². The molecule has 0 aromatic rings. The Morgan fingerprint density at radius 2 is 0.600 bits per heavy atom. The maximum Gasteiger partial charge on any atom is 0 e. The minimum atomic E-state index is 0. The van der Waals surface area contributed by atoms with E-state index in [2.05, 4.69) is 0 Å². The zero-order chi connectivity index (χ0) is 4.00. The number of hydrogen-bond donors (Lipinski definition) is 0. The Morgan fingerprint density at radius 3 is 0.600 bits per heavy atom. The van der Waals surface area contributed by atoms with Crippen LogP contribution in [-0.2, 0) is 45.1 Å². The summed E-state index contributed by atoms with van der Waals surface area (Å²) in [6.45, 7) is 0. The molecule has 2 nitrogen and oxygen atoms in total. The Labute approximate surface area is 177 Å². The van der Waals surface area contributed by atoms with Gasteiger partial charge in [0.1, 0.15) is 0 Å². The van der Waals surface area contributed by atoms with E-state index in [0.29, 0.717) is 45.0 Å². The van der Waals surface area contributed by atoms with Crippen molar-refractivity contribution in [2.24, 2.45) is 0 Å².